The lowest BCUT2D eigenvalue weighted by atomic mass is 9.39. The fourth-order valence-electron chi connectivity index (χ4n) is 8.78. The SMILES string of the molecule is CC1(C)C(=O)C=CC2(C)C1=C(O)C(=O)C1(C)C2CCC2(C)C(c3ccoc3)CC3OC321.NC(=O)NO. The molecule has 0 radical (unpaired) electrons. The van der Waals surface area contributed by atoms with Gasteiger partial charge in [-0.15, -0.1) is 0 Å². The van der Waals surface area contributed by atoms with E-state index >= 15 is 0 Å². The lowest BCUT2D eigenvalue weighted by Gasteiger charge is -2.62. The largest absolute Gasteiger partial charge is 0.504 e. The molecule has 0 aromatic carbocycles. The van der Waals surface area contributed by atoms with Crippen molar-refractivity contribution in [2.75, 3.05) is 0 Å². The Balaban J connectivity index is 0.000000489. The van der Waals surface area contributed by atoms with Crippen molar-refractivity contribution < 1.29 is 33.9 Å². The first-order valence-corrected chi connectivity index (χ1v) is 12.4. The molecular weight excluding hydrogens is 464 g/mol. The highest BCUT2D eigenvalue weighted by Crippen LogP contribution is 2.81. The molecule has 1 spiro atoms. The van der Waals surface area contributed by atoms with Gasteiger partial charge in [0.25, 0.3) is 0 Å². The highest BCUT2D eigenvalue weighted by molar-refractivity contribution is 6.06. The first kappa shape index (κ1) is 24.8. The third-order valence-corrected chi connectivity index (χ3v) is 10.3. The summed E-state index contributed by atoms with van der Waals surface area (Å²) in [7, 11) is 0. The highest BCUT2D eigenvalue weighted by atomic mass is 16.6. The van der Waals surface area contributed by atoms with Gasteiger partial charge in [0.2, 0.25) is 5.78 Å². The molecule has 1 saturated heterocycles. The second-order valence-electron chi connectivity index (χ2n) is 12.0. The minimum absolute atomic E-state index is 0.00527. The van der Waals surface area contributed by atoms with Gasteiger partial charge in [0, 0.05) is 10.8 Å². The molecule has 1 aliphatic heterocycles. The number of hydrogen-bond donors (Lipinski definition) is 4. The summed E-state index contributed by atoms with van der Waals surface area (Å²) in [5.41, 5.74) is 4.06. The lowest BCUT2D eigenvalue weighted by Crippen LogP contribution is -2.66. The highest BCUT2D eigenvalue weighted by Gasteiger charge is 2.87. The fraction of sp³-hybridized carbons (Fsp3) is 0.593. The van der Waals surface area contributed by atoms with E-state index in [1.807, 2.05) is 39.2 Å². The van der Waals surface area contributed by atoms with Crippen molar-refractivity contribution in [2.45, 2.75) is 71.5 Å². The first-order valence-electron chi connectivity index (χ1n) is 12.4. The standard InChI is InChI=1S/C26H30O5.CH4N2O2/c1-22(2)17(27)7-9-23(3)16-6-10-24(4)15(14-8-11-30-13-14)12-18-26(24,31-18)25(16,5)21(29)19(28)20(22)23;2-1(4)3-5/h7-9,11,13,15-16,18,28H,6,10,12H2,1-5H3;5H,(H3,2,3,4). The second-order valence-corrected chi connectivity index (χ2v) is 12.0. The number of furan rings is 1. The van der Waals surface area contributed by atoms with Crippen molar-refractivity contribution in [1.29, 1.82) is 0 Å². The van der Waals surface area contributed by atoms with Gasteiger partial charge in [0.15, 0.2) is 11.5 Å². The van der Waals surface area contributed by atoms with E-state index in [-0.39, 0.29) is 40.7 Å². The van der Waals surface area contributed by atoms with Crippen LogP contribution >= 0.6 is 0 Å². The van der Waals surface area contributed by atoms with Crippen LogP contribution in [0.2, 0.25) is 0 Å². The van der Waals surface area contributed by atoms with Crippen LogP contribution < -0.4 is 11.2 Å². The molecule has 2 saturated carbocycles. The molecule has 36 heavy (non-hydrogen) atoms. The van der Waals surface area contributed by atoms with Crippen molar-refractivity contribution >= 4 is 17.6 Å². The van der Waals surface area contributed by atoms with Crippen LogP contribution in [0.25, 0.3) is 0 Å². The maximum Gasteiger partial charge on any atom is 0.335 e. The van der Waals surface area contributed by atoms with E-state index in [1.54, 1.807) is 12.3 Å². The summed E-state index contributed by atoms with van der Waals surface area (Å²) in [6.45, 7) is 10.0. The number of Topliss-reactive ketones (excluding diaryl/α,β-unsaturated/α-hetero) is 1. The van der Waals surface area contributed by atoms with Gasteiger partial charge >= 0.3 is 6.03 Å². The minimum Gasteiger partial charge on any atom is -0.504 e. The van der Waals surface area contributed by atoms with Crippen molar-refractivity contribution in [2.24, 2.45) is 33.3 Å². The summed E-state index contributed by atoms with van der Waals surface area (Å²) >= 11 is 0. The van der Waals surface area contributed by atoms with E-state index in [4.69, 9.17) is 14.4 Å². The molecule has 1 aromatic rings. The molecule has 9 heteroatoms. The minimum atomic E-state index is -0.940. The Bertz CT molecular complexity index is 1220. The van der Waals surface area contributed by atoms with Gasteiger partial charge in [-0.25, -0.2) is 10.3 Å². The lowest BCUT2D eigenvalue weighted by molar-refractivity contribution is -0.162. The normalized spacial score (nSPS) is 43.4. The number of aliphatic hydroxyl groups is 1. The summed E-state index contributed by atoms with van der Waals surface area (Å²) in [5.74, 6) is -0.312. The molecule has 7 unspecified atom stereocenters. The third-order valence-electron chi connectivity index (χ3n) is 10.3. The number of ether oxygens (including phenoxy) is 1. The van der Waals surface area contributed by atoms with E-state index < -0.39 is 27.9 Å². The Morgan fingerprint density at radius 2 is 1.86 bits per heavy atom. The summed E-state index contributed by atoms with van der Waals surface area (Å²) in [5, 5.41) is 18.8. The number of aliphatic hydroxyl groups excluding tert-OH is 1. The first-order chi connectivity index (χ1) is 16.7. The molecule has 9 nitrogen and oxygen atoms in total. The number of urea groups is 1. The number of allylic oxidation sites excluding steroid dienone is 4. The van der Waals surface area contributed by atoms with Gasteiger partial charge in [0.05, 0.1) is 29.5 Å². The Kier molecular flexibility index (Phi) is 5.04. The van der Waals surface area contributed by atoms with Crippen LogP contribution in [0.15, 0.2) is 46.5 Å². The fourth-order valence-corrected chi connectivity index (χ4v) is 8.78. The number of nitrogens with two attached hydrogens (primary N) is 1. The summed E-state index contributed by atoms with van der Waals surface area (Å²) in [6.07, 6.45) is 9.76. The number of hydroxylamine groups is 1. The van der Waals surface area contributed by atoms with Gasteiger partial charge in [0.1, 0.15) is 5.60 Å². The number of primary amides is 1. The molecule has 194 valence electrons. The van der Waals surface area contributed by atoms with E-state index in [2.05, 4.69) is 19.6 Å². The maximum absolute atomic E-state index is 14.0. The van der Waals surface area contributed by atoms with E-state index in [0.29, 0.717) is 5.57 Å². The Morgan fingerprint density at radius 3 is 2.44 bits per heavy atom. The van der Waals surface area contributed by atoms with Crippen LogP contribution in [-0.2, 0) is 14.3 Å². The van der Waals surface area contributed by atoms with Gasteiger partial charge in [-0.05, 0) is 75.1 Å². The summed E-state index contributed by atoms with van der Waals surface area (Å²) in [6, 6.07) is 1.09. The van der Waals surface area contributed by atoms with Crippen LogP contribution in [0.4, 0.5) is 4.79 Å². The number of rotatable bonds is 1. The predicted octanol–water partition coefficient (Wildman–Crippen LogP) is 3.94. The van der Waals surface area contributed by atoms with Crippen LogP contribution in [-0.4, -0.2) is 39.6 Å². The molecule has 2 heterocycles. The molecule has 7 atom stereocenters. The van der Waals surface area contributed by atoms with Crippen LogP contribution in [0.3, 0.4) is 0 Å². The van der Waals surface area contributed by atoms with Crippen LogP contribution in [0.5, 0.6) is 0 Å². The monoisotopic (exact) mass is 498 g/mol. The number of carbonyl (C=O) groups is 3. The number of carbonyl (C=O) groups excluding carboxylic acids is 3. The van der Waals surface area contributed by atoms with E-state index in [9.17, 15) is 19.5 Å². The average molecular weight is 499 g/mol. The Morgan fingerprint density at radius 1 is 1.19 bits per heavy atom. The zero-order chi connectivity index (χ0) is 26.5. The molecule has 6 rings (SSSR count). The topological polar surface area (TPSA) is 155 Å². The molecular formula is C27H34N2O7. The van der Waals surface area contributed by atoms with Crippen molar-refractivity contribution in [3.8, 4) is 0 Å². The van der Waals surface area contributed by atoms with Crippen molar-refractivity contribution in [3.63, 3.8) is 0 Å². The van der Waals surface area contributed by atoms with E-state index in [1.165, 1.54) is 11.0 Å². The number of amides is 2. The smallest absolute Gasteiger partial charge is 0.335 e. The summed E-state index contributed by atoms with van der Waals surface area (Å²) < 4.78 is 11.9. The zero-order valence-corrected chi connectivity index (χ0v) is 21.3. The number of hydrogen-bond acceptors (Lipinski definition) is 7. The number of fused-ring (bicyclic) bond motifs is 3. The van der Waals surface area contributed by atoms with Crippen molar-refractivity contribution in [1.82, 2.24) is 5.48 Å². The molecule has 4 aliphatic carbocycles. The van der Waals surface area contributed by atoms with Crippen molar-refractivity contribution in [3.05, 3.63) is 47.6 Å². The van der Waals surface area contributed by atoms with Crippen LogP contribution in [0, 0.1) is 27.6 Å². The third kappa shape index (κ3) is 2.65. The number of epoxide rings is 1. The molecule has 1 aromatic heterocycles. The number of ketones is 2. The van der Waals surface area contributed by atoms with Gasteiger partial charge in [-0.2, -0.15) is 0 Å². The molecule has 5 N–H and O–H groups in total. The number of nitrogens with one attached hydrogen (secondary N) is 1. The Labute approximate surface area is 209 Å². The van der Waals surface area contributed by atoms with Gasteiger partial charge in [-0.1, -0.05) is 19.9 Å². The zero-order valence-electron chi connectivity index (χ0n) is 21.3. The molecule has 3 fully saturated rings. The van der Waals surface area contributed by atoms with Gasteiger partial charge < -0.3 is 20.0 Å². The Hall–Kier alpha value is -2.91. The van der Waals surface area contributed by atoms with E-state index in [0.717, 1.165) is 19.3 Å². The summed E-state index contributed by atoms with van der Waals surface area (Å²) in [4.78, 5) is 36.0. The average Bonchev–Trinajstić information content (AvgIpc) is 3.18. The predicted molar refractivity (Wildman–Crippen MR) is 128 cm³/mol. The second kappa shape index (κ2) is 7.32. The van der Waals surface area contributed by atoms with Crippen LogP contribution in [0.1, 0.15) is 65.4 Å². The quantitative estimate of drug-likeness (QED) is 0.260. The van der Waals surface area contributed by atoms with Gasteiger partial charge in [-0.3, -0.25) is 14.8 Å². The maximum atomic E-state index is 14.0. The molecule has 5 aliphatic rings. The molecule has 2 amide bonds. The molecule has 0 bridgehead atoms.